The Morgan fingerprint density at radius 1 is 1.24 bits per heavy atom. The van der Waals surface area contributed by atoms with Gasteiger partial charge in [0.25, 0.3) is 0 Å². The van der Waals surface area contributed by atoms with Crippen LogP contribution >= 0.6 is 0 Å². The van der Waals surface area contributed by atoms with E-state index in [1.165, 1.54) is 7.11 Å². The minimum atomic E-state index is -1.28. The zero-order valence-corrected chi connectivity index (χ0v) is 17.4. The fourth-order valence-electron chi connectivity index (χ4n) is 2.77. The maximum absolute atomic E-state index is 12.4. The molecule has 0 amide bonds. The van der Waals surface area contributed by atoms with Crippen molar-refractivity contribution >= 4 is 17.8 Å². The first-order chi connectivity index (χ1) is 13.7. The van der Waals surface area contributed by atoms with Crippen LogP contribution in [0.5, 0.6) is 5.75 Å². The molecule has 0 radical (unpaired) electrons. The van der Waals surface area contributed by atoms with Crippen LogP contribution in [0.15, 0.2) is 29.3 Å². The van der Waals surface area contributed by atoms with Crippen molar-refractivity contribution in [2.75, 3.05) is 26.9 Å². The molecule has 0 aromatic heterocycles. The molecule has 1 aliphatic heterocycles. The number of ether oxygens (including phenoxy) is 4. The van der Waals surface area contributed by atoms with E-state index in [-0.39, 0.29) is 26.1 Å². The molecule has 8 heteroatoms. The number of esters is 2. The minimum absolute atomic E-state index is 0.00738. The van der Waals surface area contributed by atoms with Gasteiger partial charge in [0.05, 0.1) is 13.7 Å². The van der Waals surface area contributed by atoms with E-state index in [2.05, 4.69) is 4.99 Å². The van der Waals surface area contributed by atoms with Gasteiger partial charge < -0.3 is 24.1 Å². The topological polar surface area (TPSA) is 104 Å². The van der Waals surface area contributed by atoms with Crippen molar-refractivity contribution in [1.82, 2.24) is 0 Å². The number of carbonyl (C=O) groups is 2. The molecule has 0 unspecified atom stereocenters. The molecule has 2 rings (SSSR count). The van der Waals surface area contributed by atoms with Crippen LogP contribution in [0.2, 0.25) is 0 Å². The Kier molecular flexibility index (Phi) is 7.61. The van der Waals surface area contributed by atoms with Gasteiger partial charge in [-0.3, -0.25) is 4.79 Å². The van der Waals surface area contributed by atoms with Crippen LogP contribution < -0.4 is 4.74 Å². The summed E-state index contributed by atoms with van der Waals surface area (Å²) in [5, 5.41) is 8.80. The first-order valence-electron chi connectivity index (χ1n) is 9.56. The van der Waals surface area contributed by atoms with E-state index in [0.717, 1.165) is 0 Å². The third kappa shape index (κ3) is 6.45. The Balaban J connectivity index is 2.11. The van der Waals surface area contributed by atoms with Crippen molar-refractivity contribution in [3.05, 3.63) is 29.8 Å². The largest absolute Gasteiger partial charge is 0.494 e. The summed E-state index contributed by atoms with van der Waals surface area (Å²) in [4.78, 5) is 29.0. The van der Waals surface area contributed by atoms with E-state index >= 15 is 0 Å². The van der Waals surface area contributed by atoms with Crippen LogP contribution in [0.4, 0.5) is 0 Å². The lowest BCUT2D eigenvalue weighted by atomic mass is 9.95. The van der Waals surface area contributed by atoms with Crippen LogP contribution in [0, 0.1) is 0 Å². The molecule has 0 bridgehead atoms. The second-order valence-corrected chi connectivity index (χ2v) is 7.77. The molecule has 0 aliphatic carbocycles. The summed E-state index contributed by atoms with van der Waals surface area (Å²) in [5.74, 6) is 0.000255. The standard InChI is InChI=1S/C21H29NO7/c1-20(2,3)29-17(24)10-11-21(19(25)26-4)14-28-18(22-21)15-6-8-16(9-7-15)27-13-5-12-23/h6-9,23H,5,10-14H2,1-4H3/t21-/m1/s1. The predicted molar refractivity (Wildman–Crippen MR) is 106 cm³/mol. The highest BCUT2D eigenvalue weighted by atomic mass is 16.6. The van der Waals surface area contributed by atoms with Crippen LogP contribution in [-0.4, -0.2) is 61.0 Å². The Labute approximate surface area is 170 Å². The number of aliphatic imine (C=N–C) groups is 1. The second-order valence-electron chi connectivity index (χ2n) is 7.77. The molecule has 0 saturated heterocycles. The van der Waals surface area contributed by atoms with Crippen molar-refractivity contribution in [3.63, 3.8) is 0 Å². The quantitative estimate of drug-likeness (QED) is 0.495. The molecular weight excluding hydrogens is 378 g/mol. The van der Waals surface area contributed by atoms with Gasteiger partial charge in [-0.15, -0.1) is 0 Å². The summed E-state index contributed by atoms with van der Waals surface area (Å²) in [7, 11) is 1.28. The number of aliphatic hydroxyl groups is 1. The molecule has 0 saturated carbocycles. The smallest absolute Gasteiger partial charge is 0.337 e. The number of nitrogens with zero attached hydrogens (tertiary/aromatic N) is 1. The van der Waals surface area contributed by atoms with E-state index in [1.807, 2.05) is 0 Å². The average molecular weight is 407 g/mol. The lowest BCUT2D eigenvalue weighted by Gasteiger charge is -2.23. The van der Waals surface area contributed by atoms with Crippen LogP contribution in [0.3, 0.4) is 0 Å². The molecule has 1 aliphatic rings. The first-order valence-corrected chi connectivity index (χ1v) is 9.56. The second kappa shape index (κ2) is 9.73. The molecular formula is C21H29NO7. The lowest BCUT2D eigenvalue weighted by molar-refractivity contribution is -0.156. The number of hydrogen-bond donors (Lipinski definition) is 1. The summed E-state index contributed by atoms with van der Waals surface area (Å²) in [6.45, 7) is 5.84. The van der Waals surface area contributed by atoms with Gasteiger partial charge >= 0.3 is 11.9 Å². The summed E-state index contributed by atoms with van der Waals surface area (Å²) in [5.41, 5.74) is -1.20. The zero-order chi connectivity index (χ0) is 21.5. The third-order valence-corrected chi connectivity index (χ3v) is 4.16. The maximum Gasteiger partial charge on any atom is 0.337 e. The number of hydrogen-bond acceptors (Lipinski definition) is 8. The Bertz CT molecular complexity index is 736. The van der Waals surface area contributed by atoms with Gasteiger partial charge in [0.2, 0.25) is 5.90 Å². The average Bonchev–Trinajstić information content (AvgIpc) is 3.11. The van der Waals surface area contributed by atoms with E-state index in [0.29, 0.717) is 30.2 Å². The molecule has 1 atom stereocenters. The normalized spacial score (nSPS) is 18.6. The summed E-state index contributed by atoms with van der Waals surface area (Å²) in [6, 6.07) is 7.07. The Hall–Kier alpha value is -2.61. The zero-order valence-electron chi connectivity index (χ0n) is 17.4. The van der Waals surface area contributed by atoms with Gasteiger partial charge in [-0.05, 0) is 51.5 Å². The van der Waals surface area contributed by atoms with E-state index in [4.69, 9.17) is 24.1 Å². The maximum atomic E-state index is 12.4. The van der Waals surface area contributed by atoms with Crippen molar-refractivity contribution in [3.8, 4) is 5.75 Å². The van der Waals surface area contributed by atoms with Crippen LogP contribution in [0.25, 0.3) is 0 Å². The molecule has 160 valence electrons. The molecule has 1 N–H and O–H groups in total. The lowest BCUT2D eigenvalue weighted by Crippen LogP contribution is -2.40. The fraction of sp³-hybridized carbons (Fsp3) is 0.571. The monoisotopic (exact) mass is 407 g/mol. The van der Waals surface area contributed by atoms with Crippen LogP contribution in [-0.2, 0) is 23.8 Å². The van der Waals surface area contributed by atoms with Gasteiger partial charge in [0, 0.05) is 25.0 Å². The molecule has 8 nitrogen and oxygen atoms in total. The number of methoxy groups -OCH3 is 1. The van der Waals surface area contributed by atoms with Crippen molar-refractivity contribution < 1.29 is 33.6 Å². The van der Waals surface area contributed by atoms with E-state index < -0.39 is 23.1 Å². The number of aliphatic hydroxyl groups excluding tert-OH is 1. The molecule has 1 aromatic carbocycles. The molecule has 0 fully saturated rings. The third-order valence-electron chi connectivity index (χ3n) is 4.16. The minimum Gasteiger partial charge on any atom is -0.494 e. The van der Waals surface area contributed by atoms with Gasteiger partial charge in [0.15, 0.2) is 5.54 Å². The molecule has 0 spiro atoms. The fourth-order valence-corrected chi connectivity index (χ4v) is 2.77. The van der Waals surface area contributed by atoms with Gasteiger partial charge in [-0.25, -0.2) is 9.79 Å². The molecule has 1 aromatic rings. The highest BCUT2D eigenvalue weighted by Crippen LogP contribution is 2.29. The Morgan fingerprint density at radius 2 is 1.93 bits per heavy atom. The Morgan fingerprint density at radius 3 is 2.52 bits per heavy atom. The van der Waals surface area contributed by atoms with E-state index in [9.17, 15) is 9.59 Å². The highest BCUT2D eigenvalue weighted by molar-refractivity contribution is 5.99. The number of rotatable bonds is 9. The first kappa shape index (κ1) is 22.7. The van der Waals surface area contributed by atoms with Crippen molar-refractivity contribution in [1.29, 1.82) is 0 Å². The summed E-state index contributed by atoms with van der Waals surface area (Å²) in [6.07, 6.45) is 0.696. The molecule has 29 heavy (non-hydrogen) atoms. The van der Waals surface area contributed by atoms with Gasteiger partial charge in [-0.2, -0.15) is 0 Å². The van der Waals surface area contributed by atoms with Gasteiger partial charge in [0.1, 0.15) is 18.0 Å². The summed E-state index contributed by atoms with van der Waals surface area (Å²) >= 11 is 0. The number of benzene rings is 1. The summed E-state index contributed by atoms with van der Waals surface area (Å²) < 4.78 is 21.4. The highest BCUT2D eigenvalue weighted by Gasteiger charge is 2.46. The van der Waals surface area contributed by atoms with Crippen molar-refractivity contribution in [2.24, 2.45) is 4.99 Å². The van der Waals surface area contributed by atoms with Crippen molar-refractivity contribution in [2.45, 2.75) is 51.2 Å². The molecule has 1 heterocycles. The SMILES string of the molecule is COC(=O)[C@@]1(CCC(=O)OC(C)(C)C)COC(c2ccc(OCCCO)cc2)=N1. The number of carbonyl (C=O) groups excluding carboxylic acids is 2. The predicted octanol–water partition coefficient (Wildman–Crippen LogP) is 2.26. The van der Waals surface area contributed by atoms with Gasteiger partial charge in [-0.1, -0.05) is 0 Å². The van der Waals surface area contributed by atoms with E-state index in [1.54, 1.807) is 45.0 Å². The van der Waals surface area contributed by atoms with Crippen LogP contribution in [0.1, 0.15) is 45.6 Å².